The average Bonchev–Trinajstić information content (AvgIpc) is 3.35. The minimum atomic E-state index is -0.887. The summed E-state index contributed by atoms with van der Waals surface area (Å²) >= 11 is 0. The summed E-state index contributed by atoms with van der Waals surface area (Å²) < 4.78 is 6.74. The Morgan fingerprint density at radius 2 is 1.80 bits per heavy atom. The average molecular weight is 404 g/mol. The van der Waals surface area contributed by atoms with Gasteiger partial charge >= 0.3 is 12.0 Å². The number of nitrogens with zero attached hydrogens (tertiary/aromatic N) is 4. The topological polar surface area (TPSA) is 76.9 Å². The molecule has 2 aliphatic heterocycles. The van der Waals surface area contributed by atoms with E-state index < -0.39 is 12.0 Å². The lowest BCUT2D eigenvalue weighted by Crippen LogP contribution is -2.40. The zero-order valence-corrected chi connectivity index (χ0v) is 16.3. The number of esters is 1. The van der Waals surface area contributed by atoms with Crippen molar-refractivity contribution in [3.8, 4) is 5.69 Å². The quantitative estimate of drug-likeness (QED) is 0.611. The van der Waals surface area contributed by atoms with Crippen LogP contribution in [0, 0.1) is 0 Å². The van der Waals surface area contributed by atoms with Crippen LogP contribution in [0.5, 0.6) is 0 Å². The summed E-state index contributed by atoms with van der Waals surface area (Å²) in [5.41, 5.74) is 3.17. The summed E-state index contributed by atoms with van der Waals surface area (Å²) in [4.78, 5) is 33.2. The molecule has 1 fully saturated rings. The maximum Gasteiger partial charge on any atom is 0.345 e. The van der Waals surface area contributed by atoms with Crippen LogP contribution < -0.4 is 0 Å². The summed E-state index contributed by atoms with van der Waals surface area (Å²) in [6, 6.07) is 17.5. The molecule has 2 bridgehead atoms. The molecule has 2 atom stereocenters. The van der Waals surface area contributed by atoms with Crippen molar-refractivity contribution in [2.45, 2.75) is 18.7 Å². The number of fused-ring (bicyclic) bond motifs is 4. The maximum atomic E-state index is 13.1. The van der Waals surface area contributed by atoms with Crippen LogP contribution in [0.4, 0.5) is 4.79 Å². The normalized spacial score (nSPS) is 19.7. The number of carbonyl (C=O) groups is 2. The summed E-state index contributed by atoms with van der Waals surface area (Å²) in [6.45, 7) is 0.586. The van der Waals surface area contributed by atoms with E-state index in [2.05, 4.69) is 5.10 Å². The van der Waals surface area contributed by atoms with E-state index in [0.717, 1.165) is 16.8 Å². The fourth-order valence-corrected chi connectivity index (χ4v) is 4.08. The number of hydroxylamine groups is 2. The van der Waals surface area contributed by atoms with Crippen LogP contribution in [0.15, 0.2) is 66.9 Å². The summed E-state index contributed by atoms with van der Waals surface area (Å²) in [5.74, 6) is -0.509. The monoisotopic (exact) mass is 404 g/mol. The third-order valence-electron chi connectivity index (χ3n) is 5.49. The van der Waals surface area contributed by atoms with Crippen molar-refractivity contribution in [3.05, 3.63) is 83.7 Å². The Balaban J connectivity index is 1.54. The molecule has 0 spiro atoms. The Morgan fingerprint density at radius 1 is 1.10 bits per heavy atom. The second kappa shape index (κ2) is 7.31. The first-order chi connectivity index (χ1) is 14.7. The zero-order valence-electron chi connectivity index (χ0n) is 16.3. The zero-order chi connectivity index (χ0) is 20.7. The summed E-state index contributed by atoms with van der Waals surface area (Å²) in [5, 5.41) is 5.87. The molecule has 1 saturated heterocycles. The van der Waals surface area contributed by atoms with Gasteiger partial charge in [-0.3, -0.25) is 4.84 Å². The number of para-hydroxylation sites is 1. The highest BCUT2D eigenvalue weighted by molar-refractivity contribution is 5.87. The van der Waals surface area contributed by atoms with E-state index in [1.165, 1.54) is 17.1 Å². The van der Waals surface area contributed by atoms with Gasteiger partial charge in [-0.25, -0.2) is 14.3 Å². The first-order valence-electron chi connectivity index (χ1n) is 9.66. The molecular weight excluding hydrogens is 384 g/mol. The minimum absolute atomic E-state index is 0.252. The molecule has 2 aliphatic rings. The van der Waals surface area contributed by atoms with Gasteiger partial charge in [0.2, 0.25) is 0 Å². The van der Waals surface area contributed by atoms with Gasteiger partial charge in [0.15, 0.2) is 6.04 Å². The third-order valence-corrected chi connectivity index (χ3v) is 5.49. The summed E-state index contributed by atoms with van der Waals surface area (Å²) in [6.07, 6.45) is 1.71. The number of hydrogen-bond donors (Lipinski definition) is 0. The van der Waals surface area contributed by atoms with Crippen molar-refractivity contribution < 1.29 is 19.2 Å². The van der Waals surface area contributed by atoms with E-state index >= 15 is 0 Å². The van der Waals surface area contributed by atoms with E-state index in [9.17, 15) is 9.59 Å². The number of amides is 2. The molecule has 5 rings (SSSR count). The molecule has 3 aromatic rings. The number of hydrogen-bond acceptors (Lipinski definition) is 5. The number of methoxy groups -OCH3 is 1. The fourth-order valence-electron chi connectivity index (χ4n) is 4.08. The Bertz CT molecular complexity index is 1080. The molecule has 0 radical (unpaired) electrons. The lowest BCUT2D eigenvalue weighted by Gasteiger charge is -2.29. The largest absolute Gasteiger partial charge is 0.467 e. The Hall–Kier alpha value is -3.65. The molecule has 1 aromatic heterocycles. The Kier molecular flexibility index (Phi) is 4.48. The third kappa shape index (κ3) is 2.84. The number of rotatable bonds is 5. The van der Waals surface area contributed by atoms with E-state index in [1.54, 1.807) is 10.9 Å². The van der Waals surface area contributed by atoms with Gasteiger partial charge < -0.3 is 9.64 Å². The van der Waals surface area contributed by atoms with Crippen molar-refractivity contribution in [3.63, 3.8) is 0 Å². The molecular formula is C22H20N4O4. The molecule has 152 valence electrons. The molecule has 0 saturated carbocycles. The van der Waals surface area contributed by atoms with E-state index in [4.69, 9.17) is 9.57 Å². The number of aromatic nitrogens is 2. The van der Waals surface area contributed by atoms with Crippen molar-refractivity contribution in [1.29, 1.82) is 0 Å². The number of urea groups is 1. The second-order valence-electron chi connectivity index (χ2n) is 7.19. The number of ether oxygens (including phenoxy) is 1. The van der Waals surface area contributed by atoms with Gasteiger partial charge in [0.05, 0.1) is 31.2 Å². The fraction of sp³-hybridized carbons (Fsp3) is 0.227. The van der Waals surface area contributed by atoms with Gasteiger partial charge in [-0.15, -0.1) is 0 Å². The molecule has 0 N–H and O–H groups in total. The smallest absolute Gasteiger partial charge is 0.345 e. The van der Waals surface area contributed by atoms with Gasteiger partial charge in [-0.2, -0.15) is 10.2 Å². The van der Waals surface area contributed by atoms with Crippen molar-refractivity contribution in [2.75, 3.05) is 13.7 Å². The molecule has 2 aromatic carbocycles. The van der Waals surface area contributed by atoms with Crippen molar-refractivity contribution in [2.24, 2.45) is 0 Å². The van der Waals surface area contributed by atoms with Gasteiger partial charge in [-0.1, -0.05) is 48.5 Å². The van der Waals surface area contributed by atoms with Gasteiger partial charge in [0, 0.05) is 5.56 Å². The van der Waals surface area contributed by atoms with Crippen LogP contribution in [0.2, 0.25) is 0 Å². The van der Waals surface area contributed by atoms with E-state index in [0.29, 0.717) is 12.2 Å². The van der Waals surface area contributed by atoms with Crippen molar-refractivity contribution >= 4 is 12.0 Å². The highest BCUT2D eigenvalue weighted by Gasteiger charge is 2.53. The van der Waals surface area contributed by atoms with Crippen LogP contribution in [0.25, 0.3) is 5.69 Å². The van der Waals surface area contributed by atoms with Crippen LogP contribution in [-0.2, 0) is 21.0 Å². The lowest BCUT2D eigenvalue weighted by molar-refractivity contribution is -0.146. The lowest BCUT2D eigenvalue weighted by atomic mass is 9.98. The Labute approximate surface area is 173 Å². The van der Waals surface area contributed by atoms with Crippen LogP contribution in [0.1, 0.15) is 28.9 Å². The van der Waals surface area contributed by atoms with Crippen molar-refractivity contribution in [1.82, 2.24) is 19.7 Å². The SMILES string of the molecule is COC(=O)[C@@H]1c2c(cnn2-c2ccccc2)[C@@H]2CN1C(=O)N2OCc1ccccc1. The van der Waals surface area contributed by atoms with Gasteiger partial charge in [0.25, 0.3) is 0 Å². The van der Waals surface area contributed by atoms with Crippen LogP contribution in [0.3, 0.4) is 0 Å². The molecule has 0 unspecified atom stereocenters. The number of benzene rings is 2. The minimum Gasteiger partial charge on any atom is -0.467 e. The van der Waals surface area contributed by atoms with Gasteiger partial charge in [-0.05, 0) is 17.7 Å². The van der Waals surface area contributed by atoms with Crippen LogP contribution >= 0.6 is 0 Å². The first-order valence-corrected chi connectivity index (χ1v) is 9.66. The number of carbonyl (C=O) groups excluding carboxylic acids is 2. The highest BCUT2D eigenvalue weighted by Crippen LogP contribution is 2.45. The molecule has 2 amide bonds. The maximum absolute atomic E-state index is 13.1. The predicted octanol–water partition coefficient (Wildman–Crippen LogP) is 3.01. The molecule has 8 heteroatoms. The van der Waals surface area contributed by atoms with E-state index in [1.807, 2.05) is 60.7 Å². The highest BCUT2D eigenvalue weighted by atomic mass is 16.7. The second-order valence-corrected chi connectivity index (χ2v) is 7.19. The Morgan fingerprint density at radius 3 is 2.50 bits per heavy atom. The van der Waals surface area contributed by atoms with E-state index in [-0.39, 0.29) is 18.7 Å². The molecule has 0 aliphatic carbocycles. The van der Waals surface area contributed by atoms with Crippen LogP contribution in [-0.4, -0.2) is 45.4 Å². The molecule has 3 heterocycles. The standard InChI is InChI=1S/C22H20N4O4/c1-29-21(27)20-19-17(12-23-25(19)16-10-6-3-7-11-16)18-13-24(20)22(28)26(18)30-14-15-8-4-2-5-9-15/h2-12,18,20H,13-14H2,1H3/t18-,20-/m0/s1. The predicted molar refractivity (Wildman–Crippen MR) is 106 cm³/mol. The van der Waals surface area contributed by atoms with Gasteiger partial charge in [0.1, 0.15) is 12.6 Å². The first kappa shape index (κ1) is 18.4. The molecule has 30 heavy (non-hydrogen) atoms. The summed E-state index contributed by atoms with van der Waals surface area (Å²) in [7, 11) is 1.32. The molecule has 8 nitrogen and oxygen atoms in total.